The maximum absolute atomic E-state index is 14.3. The van der Waals surface area contributed by atoms with Crippen LogP contribution in [0.25, 0.3) is 10.8 Å². The average Bonchev–Trinajstić information content (AvgIpc) is 2.79. The summed E-state index contributed by atoms with van der Waals surface area (Å²) in [6, 6.07) is 17.1. The third-order valence-electron chi connectivity index (χ3n) is 4.50. The van der Waals surface area contributed by atoms with Gasteiger partial charge in [-0.15, -0.1) is 0 Å². The van der Waals surface area contributed by atoms with E-state index in [1.54, 1.807) is 18.2 Å². The minimum atomic E-state index is -0.598. The summed E-state index contributed by atoms with van der Waals surface area (Å²) in [6.07, 6.45) is 0.859. The van der Waals surface area contributed by atoms with Crippen molar-refractivity contribution in [3.8, 4) is 17.8 Å². The monoisotopic (exact) mass is 448 g/mol. The Morgan fingerprint density at radius 1 is 1.06 bits per heavy atom. The number of benzene rings is 3. The molecule has 0 aliphatic rings. The molecule has 32 heavy (non-hydrogen) atoms. The van der Waals surface area contributed by atoms with Gasteiger partial charge in [-0.25, -0.2) is 4.39 Å². The van der Waals surface area contributed by atoms with Crippen molar-refractivity contribution in [2.75, 3.05) is 17.2 Å². The Bertz CT molecular complexity index is 1320. The predicted molar refractivity (Wildman–Crippen MR) is 122 cm³/mol. The van der Waals surface area contributed by atoms with Crippen molar-refractivity contribution in [2.45, 2.75) is 13.3 Å². The number of nitriles is 1. The van der Waals surface area contributed by atoms with E-state index in [4.69, 9.17) is 21.6 Å². The molecule has 3 aromatic carbocycles. The summed E-state index contributed by atoms with van der Waals surface area (Å²) in [5.74, 6) is 0.274. The highest BCUT2D eigenvalue weighted by atomic mass is 35.5. The summed E-state index contributed by atoms with van der Waals surface area (Å²) < 4.78 is 20.2. The number of hydrogen-bond acceptors (Lipinski definition) is 7. The molecule has 0 amide bonds. The number of rotatable bonds is 7. The van der Waals surface area contributed by atoms with Gasteiger partial charge in [0.15, 0.2) is 0 Å². The molecule has 7 nitrogen and oxygen atoms in total. The lowest BCUT2D eigenvalue weighted by Crippen LogP contribution is -2.09. The average molecular weight is 449 g/mol. The number of hydrogen-bond donors (Lipinski definition) is 2. The minimum absolute atomic E-state index is 0.0292. The van der Waals surface area contributed by atoms with Crippen molar-refractivity contribution in [2.24, 2.45) is 0 Å². The van der Waals surface area contributed by atoms with Crippen molar-refractivity contribution >= 4 is 40.0 Å². The van der Waals surface area contributed by atoms with Gasteiger partial charge in [0.05, 0.1) is 17.3 Å². The highest BCUT2D eigenvalue weighted by Gasteiger charge is 2.12. The molecule has 4 rings (SSSR count). The SMILES string of the molecule is CCCNc1nc(Nc2ccc(C#N)cc2F)nc(Oc2ccc3cccc(Cl)c3c2)n1. The molecule has 160 valence electrons. The van der Waals surface area contributed by atoms with Crippen molar-refractivity contribution in [3.63, 3.8) is 0 Å². The van der Waals surface area contributed by atoms with Crippen LogP contribution in [0.1, 0.15) is 18.9 Å². The van der Waals surface area contributed by atoms with Crippen LogP contribution in [-0.4, -0.2) is 21.5 Å². The molecule has 9 heteroatoms. The lowest BCUT2D eigenvalue weighted by molar-refractivity contribution is 0.442. The van der Waals surface area contributed by atoms with Crippen LogP contribution >= 0.6 is 11.6 Å². The number of anilines is 3. The molecule has 0 fully saturated rings. The third kappa shape index (κ3) is 4.85. The van der Waals surface area contributed by atoms with Gasteiger partial charge >= 0.3 is 6.01 Å². The predicted octanol–water partition coefficient (Wildman–Crippen LogP) is 6.05. The van der Waals surface area contributed by atoms with Crippen LogP contribution < -0.4 is 15.4 Å². The van der Waals surface area contributed by atoms with Crippen LogP contribution in [-0.2, 0) is 0 Å². The summed E-state index contributed by atoms with van der Waals surface area (Å²) >= 11 is 6.29. The number of ether oxygens (including phenoxy) is 1. The molecule has 0 aliphatic carbocycles. The molecular formula is C23H18ClFN6O. The zero-order valence-corrected chi connectivity index (χ0v) is 17.8. The van der Waals surface area contributed by atoms with Gasteiger partial charge in [0.25, 0.3) is 0 Å². The Hall–Kier alpha value is -3.96. The molecule has 0 spiro atoms. The lowest BCUT2D eigenvalue weighted by Gasteiger charge is -2.11. The maximum Gasteiger partial charge on any atom is 0.328 e. The van der Waals surface area contributed by atoms with Gasteiger partial charge in [0.2, 0.25) is 11.9 Å². The van der Waals surface area contributed by atoms with Crippen LogP contribution in [0, 0.1) is 17.1 Å². The van der Waals surface area contributed by atoms with Gasteiger partial charge < -0.3 is 15.4 Å². The summed E-state index contributed by atoms with van der Waals surface area (Å²) in [4.78, 5) is 12.8. The molecule has 2 N–H and O–H groups in total. The molecule has 1 heterocycles. The van der Waals surface area contributed by atoms with E-state index in [0.29, 0.717) is 17.3 Å². The zero-order valence-electron chi connectivity index (χ0n) is 17.1. The standard InChI is InChI=1S/C23H18ClFN6O/c1-2-10-27-21-29-22(28-20-9-6-14(13-26)11-19(20)25)31-23(30-21)32-16-8-7-15-4-3-5-18(24)17(15)12-16/h3-9,11-12H,2,10H2,1H3,(H2,27,28,29,30,31). The Balaban J connectivity index is 1.66. The Morgan fingerprint density at radius 2 is 1.91 bits per heavy atom. The van der Waals surface area contributed by atoms with E-state index in [9.17, 15) is 4.39 Å². The first-order valence-electron chi connectivity index (χ1n) is 9.88. The first kappa shape index (κ1) is 21.3. The van der Waals surface area contributed by atoms with Crippen LogP contribution in [0.4, 0.5) is 22.0 Å². The number of halogens is 2. The van der Waals surface area contributed by atoms with Gasteiger partial charge in [-0.3, -0.25) is 0 Å². The third-order valence-corrected chi connectivity index (χ3v) is 4.83. The second kappa shape index (κ2) is 9.45. The second-order valence-electron chi connectivity index (χ2n) is 6.85. The molecule has 0 saturated heterocycles. The number of nitrogens with zero attached hydrogens (tertiary/aromatic N) is 4. The van der Waals surface area contributed by atoms with Gasteiger partial charge in [0.1, 0.15) is 11.6 Å². The summed E-state index contributed by atoms with van der Waals surface area (Å²) in [5.41, 5.74) is 0.341. The second-order valence-corrected chi connectivity index (χ2v) is 7.26. The van der Waals surface area contributed by atoms with E-state index in [1.807, 2.05) is 31.2 Å². The van der Waals surface area contributed by atoms with E-state index < -0.39 is 5.82 Å². The topological polar surface area (TPSA) is 95.8 Å². The zero-order chi connectivity index (χ0) is 22.5. The highest BCUT2D eigenvalue weighted by Crippen LogP contribution is 2.29. The fourth-order valence-corrected chi connectivity index (χ4v) is 3.20. The van der Waals surface area contributed by atoms with Crippen LogP contribution in [0.5, 0.6) is 11.8 Å². The Labute approximate surface area is 188 Å². The van der Waals surface area contributed by atoms with Gasteiger partial charge in [-0.05, 0) is 48.2 Å². The molecule has 4 aromatic rings. The van der Waals surface area contributed by atoms with Crippen LogP contribution in [0.15, 0.2) is 54.6 Å². The van der Waals surface area contributed by atoms with Crippen LogP contribution in [0.2, 0.25) is 5.02 Å². The smallest absolute Gasteiger partial charge is 0.328 e. The maximum atomic E-state index is 14.3. The van der Waals surface area contributed by atoms with Crippen molar-refractivity contribution in [1.29, 1.82) is 5.26 Å². The van der Waals surface area contributed by atoms with E-state index in [0.717, 1.165) is 23.3 Å². The first-order chi connectivity index (χ1) is 15.6. The van der Waals surface area contributed by atoms with Crippen molar-refractivity contribution < 1.29 is 9.13 Å². The molecule has 0 saturated carbocycles. The first-order valence-corrected chi connectivity index (χ1v) is 10.3. The van der Waals surface area contributed by atoms with Gasteiger partial charge in [0, 0.05) is 17.0 Å². The summed E-state index contributed by atoms with van der Waals surface area (Å²) in [6.45, 7) is 2.65. The number of fused-ring (bicyclic) bond motifs is 1. The molecule has 0 atom stereocenters. The number of aromatic nitrogens is 3. The van der Waals surface area contributed by atoms with E-state index in [1.165, 1.54) is 12.1 Å². The fraction of sp³-hybridized carbons (Fsp3) is 0.130. The highest BCUT2D eigenvalue weighted by molar-refractivity contribution is 6.35. The van der Waals surface area contributed by atoms with Crippen molar-refractivity contribution in [3.05, 3.63) is 71.0 Å². The molecule has 0 unspecified atom stereocenters. The Morgan fingerprint density at radius 3 is 2.69 bits per heavy atom. The molecule has 1 aromatic heterocycles. The normalized spacial score (nSPS) is 10.6. The Kier molecular flexibility index (Phi) is 6.29. The van der Waals surface area contributed by atoms with Crippen molar-refractivity contribution in [1.82, 2.24) is 15.0 Å². The summed E-state index contributed by atoms with van der Waals surface area (Å²) in [5, 5.41) is 17.2. The van der Waals surface area contributed by atoms with E-state index in [-0.39, 0.29) is 29.2 Å². The quantitative estimate of drug-likeness (QED) is 0.355. The van der Waals surface area contributed by atoms with Crippen LogP contribution in [0.3, 0.4) is 0 Å². The molecule has 0 radical (unpaired) electrons. The lowest BCUT2D eigenvalue weighted by atomic mass is 10.1. The fourth-order valence-electron chi connectivity index (χ4n) is 2.96. The van der Waals surface area contributed by atoms with E-state index >= 15 is 0 Å². The summed E-state index contributed by atoms with van der Waals surface area (Å²) in [7, 11) is 0. The number of nitrogens with one attached hydrogen (secondary N) is 2. The van der Waals surface area contributed by atoms with E-state index in [2.05, 4.69) is 25.6 Å². The van der Waals surface area contributed by atoms with Gasteiger partial charge in [-0.1, -0.05) is 36.7 Å². The minimum Gasteiger partial charge on any atom is -0.424 e. The molecular weight excluding hydrogens is 431 g/mol. The largest absolute Gasteiger partial charge is 0.424 e. The molecule has 0 bridgehead atoms. The molecule has 0 aliphatic heterocycles. The van der Waals surface area contributed by atoms with Gasteiger partial charge in [-0.2, -0.15) is 20.2 Å².